The Balaban J connectivity index is 1.47. The van der Waals surface area contributed by atoms with Gasteiger partial charge in [0.2, 0.25) is 5.91 Å². The third-order valence-electron chi connectivity index (χ3n) is 6.80. The van der Waals surface area contributed by atoms with E-state index in [1.54, 1.807) is 37.1 Å². The van der Waals surface area contributed by atoms with Crippen LogP contribution in [0.1, 0.15) is 40.7 Å². The second kappa shape index (κ2) is 9.88. The van der Waals surface area contributed by atoms with Crippen LogP contribution in [0.2, 0.25) is 0 Å². The molecule has 2 N–H and O–H groups in total. The fraction of sp³-hybridized carbons (Fsp3) is 0.226. The highest BCUT2D eigenvalue weighted by Gasteiger charge is 2.22. The van der Waals surface area contributed by atoms with Crippen molar-refractivity contribution < 1.29 is 9.18 Å². The van der Waals surface area contributed by atoms with E-state index in [0.717, 1.165) is 22.1 Å². The van der Waals surface area contributed by atoms with Crippen LogP contribution in [0.5, 0.6) is 0 Å². The molecule has 6 aromatic rings. The summed E-state index contributed by atoms with van der Waals surface area (Å²) in [4.78, 5) is 34.3. The molecule has 0 bridgehead atoms. The first-order chi connectivity index (χ1) is 19.6. The normalized spacial score (nSPS) is 12.0. The number of anilines is 1. The summed E-state index contributed by atoms with van der Waals surface area (Å²) in [5.74, 6) is 0.132. The standard InChI is InChI=1S/C31H29FN8O/c1-17(2)40-29-23(11-20(13-35-29)19-10-22(14-33-12-19)36-30(41)31(3,4)5)27(39-40)28-37-25-16-34-15-24(26(25)38-28)18-7-6-8-21(32)9-18/h6-17H,1-5H3,(H,36,41)(H,37,38). The van der Waals surface area contributed by atoms with Gasteiger partial charge < -0.3 is 10.3 Å². The summed E-state index contributed by atoms with van der Waals surface area (Å²) in [5, 5.41) is 8.64. The zero-order valence-corrected chi connectivity index (χ0v) is 23.4. The van der Waals surface area contributed by atoms with Crippen LogP contribution in [-0.2, 0) is 4.79 Å². The van der Waals surface area contributed by atoms with Gasteiger partial charge in [0.05, 0.1) is 34.5 Å². The van der Waals surface area contributed by atoms with E-state index in [0.29, 0.717) is 39.4 Å². The van der Waals surface area contributed by atoms with Crippen LogP contribution < -0.4 is 5.32 Å². The minimum Gasteiger partial charge on any atom is -0.335 e. The molecule has 6 rings (SSSR count). The van der Waals surface area contributed by atoms with Gasteiger partial charge in [0.1, 0.15) is 11.5 Å². The Kier molecular flexibility index (Phi) is 6.33. The Morgan fingerprint density at radius 1 is 0.976 bits per heavy atom. The number of fused-ring (bicyclic) bond motifs is 2. The van der Waals surface area contributed by atoms with E-state index < -0.39 is 5.41 Å². The molecule has 9 nitrogen and oxygen atoms in total. The van der Waals surface area contributed by atoms with Gasteiger partial charge in [-0.05, 0) is 43.7 Å². The summed E-state index contributed by atoms with van der Waals surface area (Å²) in [6.45, 7) is 9.67. The molecular weight excluding hydrogens is 519 g/mol. The van der Waals surface area contributed by atoms with Gasteiger partial charge in [0.25, 0.3) is 0 Å². The molecule has 10 heteroatoms. The first kappa shape index (κ1) is 26.2. The van der Waals surface area contributed by atoms with Crippen LogP contribution >= 0.6 is 0 Å². The van der Waals surface area contributed by atoms with Crippen molar-refractivity contribution in [3.8, 4) is 33.8 Å². The number of aromatic nitrogens is 7. The third kappa shape index (κ3) is 4.93. The quantitative estimate of drug-likeness (QED) is 0.245. The molecule has 1 aromatic carbocycles. The van der Waals surface area contributed by atoms with E-state index in [-0.39, 0.29) is 17.8 Å². The molecule has 5 aromatic heterocycles. The lowest BCUT2D eigenvalue weighted by Gasteiger charge is -2.17. The van der Waals surface area contributed by atoms with Gasteiger partial charge in [-0.1, -0.05) is 32.9 Å². The summed E-state index contributed by atoms with van der Waals surface area (Å²) in [6, 6.07) is 10.3. The van der Waals surface area contributed by atoms with Crippen LogP contribution in [0.15, 0.2) is 67.4 Å². The zero-order valence-electron chi connectivity index (χ0n) is 23.4. The number of imidazole rings is 1. The lowest BCUT2D eigenvalue weighted by molar-refractivity contribution is -0.123. The number of carbonyl (C=O) groups is 1. The maximum atomic E-state index is 14.0. The Labute approximate surface area is 235 Å². The summed E-state index contributed by atoms with van der Waals surface area (Å²) in [5.41, 5.74) is 5.83. The van der Waals surface area contributed by atoms with Crippen LogP contribution in [0.3, 0.4) is 0 Å². The fourth-order valence-corrected chi connectivity index (χ4v) is 4.61. The largest absolute Gasteiger partial charge is 0.335 e. The Hall–Kier alpha value is -4.99. The molecule has 206 valence electrons. The number of rotatable bonds is 5. The summed E-state index contributed by atoms with van der Waals surface area (Å²) in [6.07, 6.45) is 8.53. The smallest absolute Gasteiger partial charge is 0.229 e. The predicted molar refractivity (Wildman–Crippen MR) is 158 cm³/mol. The summed E-state index contributed by atoms with van der Waals surface area (Å²) in [7, 11) is 0. The van der Waals surface area contributed by atoms with Gasteiger partial charge in [-0.25, -0.2) is 19.0 Å². The predicted octanol–water partition coefficient (Wildman–Crippen LogP) is 6.80. The minimum absolute atomic E-state index is 0.0519. The number of nitrogens with one attached hydrogen (secondary N) is 2. The number of nitrogens with zero attached hydrogens (tertiary/aromatic N) is 6. The van der Waals surface area contributed by atoms with E-state index in [1.165, 1.54) is 12.1 Å². The summed E-state index contributed by atoms with van der Waals surface area (Å²) >= 11 is 0. The SMILES string of the molecule is CC(C)n1nc(-c2nc3c(-c4cccc(F)c4)cncc3[nH]2)c2cc(-c3cncc(NC(=O)C(C)(C)C)c3)cnc21. The van der Waals surface area contributed by atoms with Gasteiger partial charge in [-0.2, -0.15) is 5.10 Å². The maximum Gasteiger partial charge on any atom is 0.229 e. The number of carbonyl (C=O) groups excluding carboxylic acids is 1. The third-order valence-corrected chi connectivity index (χ3v) is 6.80. The molecule has 5 heterocycles. The van der Waals surface area contributed by atoms with E-state index in [9.17, 15) is 9.18 Å². The molecule has 1 amide bonds. The Morgan fingerprint density at radius 2 is 1.76 bits per heavy atom. The number of pyridine rings is 3. The molecule has 0 atom stereocenters. The molecule has 0 spiro atoms. The first-order valence-electron chi connectivity index (χ1n) is 13.3. The topological polar surface area (TPSA) is 114 Å². The van der Waals surface area contributed by atoms with Crippen LogP contribution in [0, 0.1) is 11.2 Å². The van der Waals surface area contributed by atoms with Crippen molar-refractivity contribution in [1.82, 2.24) is 34.7 Å². The van der Waals surface area contributed by atoms with E-state index in [1.807, 2.05) is 57.5 Å². The average Bonchev–Trinajstić information content (AvgIpc) is 3.54. The van der Waals surface area contributed by atoms with Gasteiger partial charge in [0.15, 0.2) is 11.5 Å². The van der Waals surface area contributed by atoms with Crippen LogP contribution in [-0.4, -0.2) is 40.6 Å². The van der Waals surface area contributed by atoms with Crippen LogP contribution in [0.4, 0.5) is 10.1 Å². The number of halogens is 1. The fourth-order valence-electron chi connectivity index (χ4n) is 4.61. The molecular formula is C31H29FN8O. The minimum atomic E-state index is -0.534. The van der Waals surface area contributed by atoms with Crippen molar-refractivity contribution in [2.24, 2.45) is 5.41 Å². The van der Waals surface area contributed by atoms with Gasteiger partial charge >= 0.3 is 0 Å². The molecule has 0 aliphatic rings. The Morgan fingerprint density at radius 3 is 2.51 bits per heavy atom. The monoisotopic (exact) mass is 548 g/mol. The number of benzene rings is 1. The summed E-state index contributed by atoms with van der Waals surface area (Å²) < 4.78 is 15.9. The molecule has 0 aliphatic carbocycles. The molecule has 0 fully saturated rings. The van der Waals surface area contributed by atoms with Gasteiger partial charge in [-0.3, -0.25) is 14.8 Å². The lowest BCUT2D eigenvalue weighted by Crippen LogP contribution is -2.27. The van der Waals surface area contributed by atoms with E-state index >= 15 is 0 Å². The molecule has 0 saturated heterocycles. The number of aromatic amines is 1. The maximum absolute atomic E-state index is 14.0. The molecule has 0 aliphatic heterocycles. The zero-order chi connectivity index (χ0) is 28.9. The number of hydrogen-bond donors (Lipinski definition) is 2. The Bertz CT molecular complexity index is 1930. The van der Waals surface area contributed by atoms with Crippen molar-refractivity contribution in [3.63, 3.8) is 0 Å². The second-order valence-corrected chi connectivity index (χ2v) is 11.3. The highest BCUT2D eigenvalue weighted by Crippen LogP contribution is 2.34. The van der Waals surface area contributed by atoms with Gasteiger partial charge in [-0.15, -0.1) is 0 Å². The second-order valence-electron chi connectivity index (χ2n) is 11.3. The van der Waals surface area contributed by atoms with Crippen molar-refractivity contribution in [2.45, 2.75) is 40.7 Å². The van der Waals surface area contributed by atoms with Crippen molar-refractivity contribution >= 4 is 33.7 Å². The molecule has 41 heavy (non-hydrogen) atoms. The van der Waals surface area contributed by atoms with Crippen LogP contribution in [0.25, 0.3) is 55.8 Å². The van der Waals surface area contributed by atoms with E-state index in [4.69, 9.17) is 15.1 Å². The van der Waals surface area contributed by atoms with Crippen molar-refractivity contribution in [3.05, 3.63) is 73.2 Å². The van der Waals surface area contributed by atoms with E-state index in [2.05, 4.69) is 20.3 Å². The molecule has 0 radical (unpaired) electrons. The first-order valence-corrected chi connectivity index (χ1v) is 13.3. The molecule has 0 unspecified atom stereocenters. The highest BCUT2D eigenvalue weighted by molar-refractivity contribution is 5.98. The van der Waals surface area contributed by atoms with Crippen molar-refractivity contribution in [2.75, 3.05) is 5.32 Å². The highest BCUT2D eigenvalue weighted by atomic mass is 19.1. The number of hydrogen-bond acceptors (Lipinski definition) is 6. The van der Waals surface area contributed by atoms with Gasteiger partial charge in [0, 0.05) is 46.7 Å². The van der Waals surface area contributed by atoms with Crippen molar-refractivity contribution in [1.29, 1.82) is 0 Å². The average molecular weight is 549 g/mol. The molecule has 0 saturated carbocycles. The lowest BCUT2D eigenvalue weighted by atomic mass is 9.95. The number of amides is 1. The number of H-pyrrole nitrogens is 1.